The smallest absolute Gasteiger partial charge is 0.167 e. The Morgan fingerprint density at radius 3 is 2.19 bits per heavy atom. The van der Waals surface area contributed by atoms with Crippen molar-refractivity contribution in [2.45, 2.75) is 56.7 Å². The predicted octanol–water partition coefficient (Wildman–Crippen LogP) is 9.12. The van der Waals surface area contributed by atoms with E-state index in [0.717, 1.165) is 49.3 Å². The van der Waals surface area contributed by atoms with Crippen molar-refractivity contribution in [1.82, 2.24) is 0 Å². The largest absolute Gasteiger partial charge is 0.207 e. The zero-order valence-corrected chi connectivity index (χ0v) is 19.2. The summed E-state index contributed by atoms with van der Waals surface area (Å²) in [6, 6.07) is 18.0. The molecule has 0 bridgehead atoms. The zero-order chi connectivity index (χ0) is 22.9. The van der Waals surface area contributed by atoms with E-state index in [-0.39, 0.29) is 17.0 Å². The van der Waals surface area contributed by atoms with E-state index >= 15 is 13.2 Å². The van der Waals surface area contributed by atoms with Crippen molar-refractivity contribution in [3.63, 3.8) is 0 Å². The maximum Gasteiger partial charge on any atom is 0.167 e. The van der Waals surface area contributed by atoms with Crippen molar-refractivity contribution >= 4 is 11.6 Å². The van der Waals surface area contributed by atoms with Crippen LogP contribution >= 0.6 is 11.6 Å². The summed E-state index contributed by atoms with van der Waals surface area (Å²) in [5.41, 5.74) is 2.17. The van der Waals surface area contributed by atoms with E-state index in [1.165, 1.54) is 0 Å². The van der Waals surface area contributed by atoms with Gasteiger partial charge in [0.2, 0.25) is 0 Å². The van der Waals surface area contributed by atoms with Gasteiger partial charge in [-0.1, -0.05) is 81.3 Å². The summed E-state index contributed by atoms with van der Waals surface area (Å²) in [4.78, 5) is -0.501. The van der Waals surface area contributed by atoms with Crippen LogP contribution in [0, 0.1) is 23.4 Å². The molecule has 1 aliphatic carbocycles. The van der Waals surface area contributed by atoms with Gasteiger partial charge in [0.1, 0.15) is 5.82 Å². The summed E-state index contributed by atoms with van der Waals surface area (Å²) in [5, 5.41) is 0. The van der Waals surface area contributed by atoms with Gasteiger partial charge in [-0.3, -0.25) is 0 Å². The Bertz CT molecular complexity index is 1080. The van der Waals surface area contributed by atoms with Gasteiger partial charge in [-0.15, -0.1) is 11.6 Å². The molecule has 0 radical (unpaired) electrons. The second-order valence-electron chi connectivity index (χ2n) is 8.92. The van der Waals surface area contributed by atoms with Crippen LogP contribution in [-0.4, -0.2) is 4.87 Å². The third-order valence-corrected chi connectivity index (χ3v) is 7.90. The van der Waals surface area contributed by atoms with Gasteiger partial charge in [-0.05, 0) is 53.9 Å². The first kappa shape index (κ1) is 22.9. The molecule has 3 aromatic carbocycles. The van der Waals surface area contributed by atoms with E-state index in [1.807, 2.05) is 49.4 Å². The van der Waals surface area contributed by atoms with E-state index in [9.17, 15) is 0 Å². The topological polar surface area (TPSA) is 0 Å². The molecule has 4 heteroatoms. The van der Waals surface area contributed by atoms with Crippen molar-refractivity contribution in [2.24, 2.45) is 5.92 Å². The number of hydrogen-bond acceptors (Lipinski definition) is 0. The molecule has 0 saturated heterocycles. The van der Waals surface area contributed by atoms with Gasteiger partial charge < -0.3 is 0 Å². The van der Waals surface area contributed by atoms with Gasteiger partial charge in [0, 0.05) is 16.0 Å². The molecule has 1 saturated carbocycles. The number of hydrogen-bond donors (Lipinski definition) is 0. The molecular weight excluding hydrogens is 429 g/mol. The predicted molar refractivity (Wildman–Crippen MR) is 126 cm³/mol. The Kier molecular flexibility index (Phi) is 6.67. The van der Waals surface area contributed by atoms with Crippen LogP contribution in [0.5, 0.6) is 0 Å². The van der Waals surface area contributed by atoms with Gasteiger partial charge in [0.15, 0.2) is 11.6 Å². The van der Waals surface area contributed by atoms with Crippen LogP contribution in [0.3, 0.4) is 0 Å². The molecule has 0 aliphatic heterocycles. The number of halogens is 4. The first-order valence-electron chi connectivity index (χ1n) is 11.4. The Labute approximate surface area is 193 Å². The summed E-state index contributed by atoms with van der Waals surface area (Å²) in [7, 11) is 0. The molecule has 32 heavy (non-hydrogen) atoms. The molecule has 3 aromatic rings. The molecule has 1 aliphatic rings. The lowest BCUT2D eigenvalue weighted by molar-refractivity contribution is 0.222. The summed E-state index contributed by atoms with van der Waals surface area (Å²) < 4.78 is 45.7. The van der Waals surface area contributed by atoms with Crippen molar-refractivity contribution < 1.29 is 13.2 Å². The molecule has 0 spiro atoms. The normalized spacial score (nSPS) is 22.0. The maximum atomic E-state index is 15.3. The minimum atomic E-state index is -1.10. The minimum absolute atomic E-state index is 0.0631. The Balaban J connectivity index is 1.69. The monoisotopic (exact) mass is 456 g/mol. The van der Waals surface area contributed by atoms with Gasteiger partial charge in [-0.2, -0.15) is 0 Å². The van der Waals surface area contributed by atoms with E-state index in [0.29, 0.717) is 5.56 Å². The summed E-state index contributed by atoms with van der Waals surface area (Å²) in [5.74, 6) is -3.41. The van der Waals surface area contributed by atoms with E-state index in [4.69, 9.17) is 11.6 Å². The highest BCUT2D eigenvalue weighted by molar-refractivity contribution is 6.24. The SMILES string of the molecule is CCC1(Cl)CCCCC1C(C)c1c(F)cc(-c2ccc(-c3ccccc3)cc2)c(F)c1F. The van der Waals surface area contributed by atoms with Crippen LogP contribution in [0.15, 0.2) is 60.7 Å². The Hall–Kier alpha value is -2.26. The van der Waals surface area contributed by atoms with Crippen molar-refractivity contribution in [1.29, 1.82) is 0 Å². The minimum Gasteiger partial charge on any atom is -0.207 e. The second kappa shape index (κ2) is 9.31. The van der Waals surface area contributed by atoms with Crippen molar-refractivity contribution in [2.75, 3.05) is 0 Å². The van der Waals surface area contributed by atoms with Crippen LogP contribution in [0.4, 0.5) is 13.2 Å². The number of alkyl halides is 1. The van der Waals surface area contributed by atoms with Crippen LogP contribution in [-0.2, 0) is 0 Å². The molecule has 168 valence electrons. The van der Waals surface area contributed by atoms with Gasteiger partial charge in [0.05, 0.1) is 0 Å². The first-order valence-corrected chi connectivity index (χ1v) is 11.8. The molecule has 0 heterocycles. The van der Waals surface area contributed by atoms with E-state index in [1.54, 1.807) is 19.1 Å². The molecule has 3 atom stereocenters. The highest BCUT2D eigenvalue weighted by Gasteiger charge is 2.42. The lowest BCUT2D eigenvalue weighted by atomic mass is 9.69. The zero-order valence-electron chi connectivity index (χ0n) is 18.5. The molecule has 4 rings (SSSR count). The second-order valence-corrected chi connectivity index (χ2v) is 9.67. The van der Waals surface area contributed by atoms with Gasteiger partial charge in [0.25, 0.3) is 0 Å². The average molecular weight is 457 g/mol. The third-order valence-electron chi connectivity index (χ3n) is 7.17. The van der Waals surface area contributed by atoms with Crippen LogP contribution in [0.25, 0.3) is 22.3 Å². The van der Waals surface area contributed by atoms with Crippen molar-refractivity contribution in [3.8, 4) is 22.3 Å². The van der Waals surface area contributed by atoms with E-state index in [2.05, 4.69) is 0 Å². The lowest BCUT2D eigenvalue weighted by Crippen LogP contribution is -2.38. The lowest BCUT2D eigenvalue weighted by Gasteiger charge is -2.42. The van der Waals surface area contributed by atoms with Crippen molar-refractivity contribution in [3.05, 3.63) is 83.7 Å². The fourth-order valence-corrected chi connectivity index (χ4v) is 5.71. The van der Waals surface area contributed by atoms with E-state index < -0.39 is 28.2 Å². The van der Waals surface area contributed by atoms with Gasteiger partial charge >= 0.3 is 0 Å². The Morgan fingerprint density at radius 1 is 0.906 bits per heavy atom. The molecule has 0 aromatic heterocycles. The quantitative estimate of drug-likeness (QED) is 0.265. The number of benzene rings is 3. The molecular formula is C28H28ClF3. The number of rotatable bonds is 5. The fraction of sp³-hybridized carbons (Fsp3) is 0.357. The highest BCUT2D eigenvalue weighted by atomic mass is 35.5. The van der Waals surface area contributed by atoms with Gasteiger partial charge in [-0.25, -0.2) is 13.2 Å². The average Bonchev–Trinajstić information content (AvgIpc) is 2.82. The standard InChI is InChI=1S/C28H28ClF3/c1-3-28(29)16-8-7-11-23(28)18(2)25-24(30)17-22(26(31)27(25)32)21-14-12-20(13-15-21)19-9-5-4-6-10-19/h4-6,9-10,12-15,17-18,23H,3,7-8,11,16H2,1-2H3. The summed E-state index contributed by atoms with van der Waals surface area (Å²) in [6.07, 6.45) is 4.32. The molecule has 0 N–H and O–H groups in total. The molecule has 0 nitrogen and oxygen atoms in total. The maximum absolute atomic E-state index is 15.3. The van der Waals surface area contributed by atoms with Crippen LogP contribution < -0.4 is 0 Å². The fourth-order valence-electron chi connectivity index (χ4n) is 5.27. The highest BCUT2D eigenvalue weighted by Crippen LogP contribution is 2.49. The molecule has 3 unspecified atom stereocenters. The van der Waals surface area contributed by atoms with Crippen LogP contribution in [0.2, 0.25) is 0 Å². The first-order chi connectivity index (χ1) is 15.4. The summed E-state index contributed by atoms with van der Waals surface area (Å²) >= 11 is 6.87. The molecule has 0 amide bonds. The van der Waals surface area contributed by atoms with Crippen LogP contribution in [0.1, 0.15) is 57.4 Å². The molecule has 1 fully saturated rings. The summed E-state index contributed by atoms with van der Waals surface area (Å²) in [6.45, 7) is 3.78. The Morgan fingerprint density at radius 2 is 1.53 bits per heavy atom. The third kappa shape index (κ3) is 4.20.